The number of hydrogen-bond acceptors (Lipinski definition) is 4. The van der Waals surface area contributed by atoms with Crippen LogP contribution >= 0.6 is 11.6 Å². The quantitative estimate of drug-likeness (QED) is 0.846. The smallest absolute Gasteiger partial charge is 0.263 e. The summed E-state index contributed by atoms with van der Waals surface area (Å²) < 4.78 is 32.4. The summed E-state index contributed by atoms with van der Waals surface area (Å²) in [5.74, 6) is 0.650. The number of benzene rings is 2. The number of sulfonamides is 1. The van der Waals surface area contributed by atoms with Crippen molar-refractivity contribution in [2.45, 2.75) is 11.8 Å². The fourth-order valence-corrected chi connectivity index (χ4v) is 3.47. The Balaban J connectivity index is 2.40. The maximum absolute atomic E-state index is 12.4. The van der Waals surface area contributed by atoms with Crippen molar-refractivity contribution in [3.63, 3.8) is 0 Å². The summed E-state index contributed by atoms with van der Waals surface area (Å²) in [6.45, 7) is 1.78. The zero-order chi connectivity index (χ0) is 15.6. The number of methoxy groups -OCH3 is 1. The van der Waals surface area contributed by atoms with Crippen molar-refractivity contribution >= 4 is 33.0 Å². The lowest BCUT2D eigenvalue weighted by molar-refractivity contribution is 0.414. The fraction of sp³-hybridized carbons (Fsp3) is 0.143. The lowest BCUT2D eigenvalue weighted by Crippen LogP contribution is -2.14. The minimum absolute atomic E-state index is 0.0561. The number of nitrogens with one attached hydrogen (secondary N) is 1. The third-order valence-electron chi connectivity index (χ3n) is 2.92. The Hall–Kier alpha value is -1.92. The largest absolute Gasteiger partial charge is 0.497 e. The van der Waals surface area contributed by atoms with Gasteiger partial charge in [0.25, 0.3) is 10.0 Å². The van der Waals surface area contributed by atoms with Crippen LogP contribution in [0.2, 0.25) is 5.02 Å². The second kappa shape index (κ2) is 5.83. The summed E-state index contributed by atoms with van der Waals surface area (Å²) in [5.41, 5.74) is 7.13. The van der Waals surface area contributed by atoms with Gasteiger partial charge in [-0.25, -0.2) is 8.42 Å². The first-order chi connectivity index (χ1) is 9.83. The predicted octanol–water partition coefficient (Wildman–Crippen LogP) is 3.04. The SMILES string of the molecule is COc1ccc(NS(=O)(=O)c2cc(N)ccc2Cl)c(C)c1. The third-order valence-corrected chi connectivity index (χ3v) is 4.77. The number of anilines is 2. The molecule has 0 fully saturated rings. The van der Waals surface area contributed by atoms with E-state index >= 15 is 0 Å². The van der Waals surface area contributed by atoms with E-state index in [0.717, 1.165) is 5.56 Å². The first-order valence-corrected chi connectivity index (χ1v) is 7.92. The lowest BCUT2D eigenvalue weighted by atomic mass is 10.2. The van der Waals surface area contributed by atoms with Crippen LogP contribution in [0.5, 0.6) is 5.75 Å². The first-order valence-electron chi connectivity index (χ1n) is 6.06. The molecule has 112 valence electrons. The number of aryl methyl sites for hydroxylation is 1. The highest BCUT2D eigenvalue weighted by atomic mass is 35.5. The molecule has 21 heavy (non-hydrogen) atoms. The topological polar surface area (TPSA) is 81.4 Å². The third kappa shape index (κ3) is 3.40. The number of ether oxygens (including phenoxy) is 1. The van der Waals surface area contributed by atoms with E-state index in [1.165, 1.54) is 12.1 Å². The second-order valence-corrected chi connectivity index (χ2v) is 6.53. The molecule has 0 saturated carbocycles. The summed E-state index contributed by atoms with van der Waals surface area (Å²) in [5, 5.41) is 0.114. The number of rotatable bonds is 4. The van der Waals surface area contributed by atoms with Gasteiger partial charge in [0.2, 0.25) is 0 Å². The summed E-state index contributed by atoms with van der Waals surface area (Å²) in [4.78, 5) is -0.0561. The zero-order valence-corrected chi connectivity index (χ0v) is 13.1. The molecular formula is C14H15ClN2O3S. The van der Waals surface area contributed by atoms with E-state index in [0.29, 0.717) is 17.1 Å². The van der Waals surface area contributed by atoms with Crippen LogP contribution in [-0.4, -0.2) is 15.5 Å². The molecule has 0 atom stereocenters. The number of nitrogen functional groups attached to an aromatic ring is 1. The van der Waals surface area contributed by atoms with Gasteiger partial charge in [-0.15, -0.1) is 0 Å². The Labute approximate surface area is 128 Å². The molecule has 0 aromatic heterocycles. The van der Waals surface area contributed by atoms with Gasteiger partial charge in [0, 0.05) is 5.69 Å². The standard InChI is InChI=1S/C14H15ClN2O3S/c1-9-7-11(20-2)4-6-13(9)17-21(18,19)14-8-10(16)3-5-12(14)15/h3-8,17H,16H2,1-2H3. The van der Waals surface area contributed by atoms with Gasteiger partial charge in [-0.1, -0.05) is 11.6 Å². The number of hydrogen-bond donors (Lipinski definition) is 2. The first kappa shape index (κ1) is 15.5. The number of nitrogens with two attached hydrogens (primary N) is 1. The van der Waals surface area contributed by atoms with E-state index in [9.17, 15) is 8.42 Å². The summed E-state index contributed by atoms with van der Waals surface area (Å²) in [7, 11) is -2.26. The molecule has 0 radical (unpaired) electrons. The van der Waals surface area contributed by atoms with Crippen LogP contribution < -0.4 is 15.2 Å². The highest BCUT2D eigenvalue weighted by molar-refractivity contribution is 7.92. The zero-order valence-electron chi connectivity index (χ0n) is 11.6. The van der Waals surface area contributed by atoms with E-state index in [-0.39, 0.29) is 9.92 Å². The van der Waals surface area contributed by atoms with Gasteiger partial charge in [0.1, 0.15) is 10.6 Å². The van der Waals surface area contributed by atoms with E-state index in [1.807, 2.05) is 0 Å². The average Bonchev–Trinajstić information content (AvgIpc) is 2.43. The molecule has 0 heterocycles. The van der Waals surface area contributed by atoms with Gasteiger partial charge in [-0.05, 0) is 48.9 Å². The Kier molecular flexibility index (Phi) is 4.29. The highest BCUT2D eigenvalue weighted by Gasteiger charge is 2.19. The van der Waals surface area contributed by atoms with Crippen molar-refractivity contribution in [2.24, 2.45) is 0 Å². The monoisotopic (exact) mass is 326 g/mol. The van der Waals surface area contributed by atoms with Crippen molar-refractivity contribution in [1.82, 2.24) is 0 Å². The molecule has 2 aromatic rings. The molecule has 0 saturated heterocycles. The van der Waals surface area contributed by atoms with Crippen LogP contribution in [0.3, 0.4) is 0 Å². The van der Waals surface area contributed by atoms with Crippen LogP contribution in [0.4, 0.5) is 11.4 Å². The van der Waals surface area contributed by atoms with E-state index in [1.54, 1.807) is 38.3 Å². The molecule has 0 unspecified atom stereocenters. The summed E-state index contributed by atoms with van der Waals surface area (Å²) >= 11 is 5.94. The Morgan fingerprint density at radius 2 is 1.90 bits per heavy atom. The minimum Gasteiger partial charge on any atom is -0.497 e. The molecule has 7 heteroatoms. The Bertz CT molecular complexity index is 776. The van der Waals surface area contributed by atoms with Gasteiger partial charge >= 0.3 is 0 Å². The van der Waals surface area contributed by atoms with Crippen molar-refractivity contribution < 1.29 is 13.2 Å². The molecule has 0 aliphatic rings. The summed E-state index contributed by atoms with van der Waals surface area (Å²) in [6.07, 6.45) is 0. The van der Waals surface area contributed by atoms with E-state index < -0.39 is 10.0 Å². The molecule has 5 nitrogen and oxygen atoms in total. The predicted molar refractivity (Wildman–Crippen MR) is 84.4 cm³/mol. The molecular weight excluding hydrogens is 312 g/mol. The molecule has 0 spiro atoms. The van der Waals surface area contributed by atoms with Crippen molar-refractivity contribution in [1.29, 1.82) is 0 Å². The van der Waals surface area contributed by atoms with Gasteiger partial charge in [-0.3, -0.25) is 4.72 Å². The minimum atomic E-state index is -3.81. The Morgan fingerprint density at radius 3 is 2.52 bits per heavy atom. The fourth-order valence-electron chi connectivity index (χ4n) is 1.80. The van der Waals surface area contributed by atoms with Crippen LogP contribution in [-0.2, 0) is 10.0 Å². The molecule has 2 rings (SSSR count). The second-order valence-electron chi connectivity index (χ2n) is 4.48. The molecule has 0 aliphatic heterocycles. The van der Waals surface area contributed by atoms with Crippen LogP contribution in [0.1, 0.15) is 5.56 Å². The van der Waals surface area contributed by atoms with E-state index in [2.05, 4.69) is 4.72 Å². The lowest BCUT2D eigenvalue weighted by Gasteiger charge is -2.13. The van der Waals surface area contributed by atoms with Crippen molar-refractivity contribution in [3.05, 3.63) is 47.0 Å². The summed E-state index contributed by atoms with van der Waals surface area (Å²) in [6, 6.07) is 9.35. The van der Waals surface area contributed by atoms with E-state index in [4.69, 9.17) is 22.1 Å². The Morgan fingerprint density at radius 1 is 1.19 bits per heavy atom. The van der Waals surface area contributed by atoms with Crippen LogP contribution in [0.25, 0.3) is 0 Å². The normalized spacial score (nSPS) is 11.2. The number of halogens is 1. The van der Waals surface area contributed by atoms with Crippen molar-refractivity contribution in [3.8, 4) is 5.75 Å². The van der Waals surface area contributed by atoms with Gasteiger partial charge < -0.3 is 10.5 Å². The van der Waals surface area contributed by atoms with Crippen molar-refractivity contribution in [2.75, 3.05) is 17.6 Å². The molecule has 3 N–H and O–H groups in total. The van der Waals surface area contributed by atoms with Gasteiger partial charge in [-0.2, -0.15) is 0 Å². The highest BCUT2D eigenvalue weighted by Crippen LogP contribution is 2.28. The van der Waals surface area contributed by atoms with Crippen LogP contribution in [0.15, 0.2) is 41.3 Å². The van der Waals surface area contributed by atoms with Gasteiger partial charge in [0.15, 0.2) is 0 Å². The van der Waals surface area contributed by atoms with Crippen LogP contribution in [0, 0.1) is 6.92 Å². The maximum Gasteiger partial charge on any atom is 0.263 e. The molecule has 0 bridgehead atoms. The molecule has 0 amide bonds. The maximum atomic E-state index is 12.4. The van der Waals surface area contributed by atoms with Gasteiger partial charge in [0.05, 0.1) is 17.8 Å². The molecule has 2 aromatic carbocycles. The average molecular weight is 327 g/mol. The molecule has 0 aliphatic carbocycles.